The molecular formula is C16H14O6. The van der Waals surface area contributed by atoms with Gasteiger partial charge in [0.05, 0.1) is 6.42 Å². The summed E-state index contributed by atoms with van der Waals surface area (Å²) in [5.74, 6) is -1.26. The highest BCUT2D eigenvalue weighted by Crippen LogP contribution is 2.45. The number of hydrogen-bond acceptors (Lipinski definition) is 6. The summed E-state index contributed by atoms with van der Waals surface area (Å²) in [5, 5.41) is 38.5. The third kappa shape index (κ3) is 2.09. The van der Waals surface area contributed by atoms with Crippen LogP contribution < -0.4 is 4.74 Å². The molecule has 0 bridgehead atoms. The van der Waals surface area contributed by atoms with Gasteiger partial charge in [-0.05, 0) is 24.6 Å². The summed E-state index contributed by atoms with van der Waals surface area (Å²) in [6.07, 6.45) is -0.693. The predicted octanol–water partition coefficient (Wildman–Crippen LogP) is 2.52. The zero-order chi connectivity index (χ0) is 16.0. The molecule has 0 aliphatic carbocycles. The van der Waals surface area contributed by atoms with Gasteiger partial charge in [0.1, 0.15) is 28.9 Å². The van der Waals surface area contributed by atoms with E-state index in [4.69, 9.17) is 4.74 Å². The second kappa shape index (κ2) is 4.84. The lowest BCUT2D eigenvalue weighted by Gasteiger charge is -2.27. The van der Waals surface area contributed by atoms with E-state index in [0.717, 1.165) is 6.07 Å². The highest BCUT2D eigenvalue weighted by molar-refractivity contribution is 6.03. The first kappa shape index (κ1) is 14.1. The molecule has 6 nitrogen and oxygen atoms in total. The SMILES string of the molecule is Cc1c(O)cc(O)c2c1O[C@@H](c1ccc(O)c(O)c1)CC2=O. The average Bonchev–Trinajstić information content (AvgIpc) is 2.47. The van der Waals surface area contributed by atoms with E-state index in [2.05, 4.69) is 0 Å². The highest BCUT2D eigenvalue weighted by Gasteiger charge is 2.32. The second-order valence-corrected chi connectivity index (χ2v) is 5.23. The number of phenolic OH excluding ortho intramolecular Hbond substituents is 4. The van der Waals surface area contributed by atoms with Gasteiger partial charge in [-0.3, -0.25) is 4.79 Å². The van der Waals surface area contributed by atoms with Crippen LogP contribution in [0.4, 0.5) is 0 Å². The molecule has 114 valence electrons. The summed E-state index contributed by atoms with van der Waals surface area (Å²) < 4.78 is 5.74. The first-order chi connectivity index (χ1) is 10.4. The normalized spacial score (nSPS) is 17.0. The Kier molecular flexibility index (Phi) is 3.09. The van der Waals surface area contributed by atoms with Gasteiger partial charge < -0.3 is 25.2 Å². The van der Waals surface area contributed by atoms with E-state index >= 15 is 0 Å². The number of carbonyl (C=O) groups is 1. The van der Waals surface area contributed by atoms with Gasteiger partial charge in [-0.2, -0.15) is 0 Å². The van der Waals surface area contributed by atoms with Crippen molar-refractivity contribution in [1.82, 2.24) is 0 Å². The van der Waals surface area contributed by atoms with Gasteiger partial charge in [-0.1, -0.05) is 6.07 Å². The van der Waals surface area contributed by atoms with Crippen molar-refractivity contribution in [3.05, 3.63) is 41.0 Å². The van der Waals surface area contributed by atoms with Crippen molar-refractivity contribution in [2.45, 2.75) is 19.4 Å². The van der Waals surface area contributed by atoms with E-state index in [0.29, 0.717) is 11.1 Å². The van der Waals surface area contributed by atoms with Crippen LogP contribution in [0, 0.1) is 6.92 Å². The maximum atomic E-state index is 12.3. The lowest BCUT2D eigenvalue weighted by atomic mass is 9.93. The molecule has 1 aliphatic rings. The number of ketones is 1. The maximum Gasteiger partial charge on any atom is 0.174 e. The Morgan fingerprint density at radius 3 is 2.41 bits per heavy atom. The number of fused-ring (bicyclic) bond motifs is 1. The third-order valence-corrected chi connectivity index (χ3v) is 3.76. The summed E-state index contributed by atoms with van der Waals surface area (Å²) >= 11 is 0. The summed E-state index contributed by atoms with van der Waals surface area (Å²) in [7, 11) is 0. The van der Waals surface area contributed by atoms with Crippen molar-refractivity contribution in [1.29, 1.82) is 0 Å². The molecule has 1 atom stereocenters. The van der Waals surface area contributed by atoms with Crippen molar-refractivity contribution >= 4 is 5.78 Å². The van der Waals surface area contributed by atoms with Crippen LogP contribution in [0.25, 0.3) is 0 Å². The molecule has 6 heteroatoms. The van der Waals surface area contributed by atoms with Crippen molar-refractivity contribution < 1.29 is 30.0 Å². The molecule has 1 heterocycles. The topological polar surface area (TPSA) is 107 Å². The highest BCUT2D eigenvalue weighted by atomic mass is 16.5. The molecule has 4 N–H and O–H groups in total. The Hall–Kier alpha value is -2.89. The number of phenols is 4. The maximum absolute atomic E-state index is 12.3. The second-order valence-electron chi connectivity index (χ2n) is 5.23. The molecule has 0 radical (unpaired) electrons. The van der Waals surface area contributed by atoms with Crippen LogP contribution in [-0.2, 0) is 0 Å². The Labute approximate surface area is 125 Å². The Balaban J connectivity index is 2.07. The average molecular weight is 302 g/mol. The fourth-order valence-corrected chi connectivity index (χ4v) is 2.53. The molecule has 0 aromatic heterocycles. The summed E-state index contributed by atoms with van der Waals surface area (Å²) in [5.41, 5.74) is 0.917. The van der Waals surface area contributed by atoms with Crippen LogP contribution in [0.15, 0.2) is 24.3 Å². The number of hydrogen-bond donors (Lipinski definition) is 4. The van der Waals surface area contributed by atoms with Gasteiger partial charge in [0, 0.05) is 11.6 Å². The standard InChI is InChI=1S/C16H14O6/c1-7-10(18)5-12(20)15-13(21)6-14(22-16(7)15)8-2-3-9(17)11(19)4-8/h2-5,14,17-20H,6H2,1H3/t14-/m1/s1. The van der Waals surface area contributed by atoms with Crippen LogP contribution in [0.3, 0.4) is 0 Å². The first-order valence-electron chi connectivity index (χ1n) is 6.65. The molecule has 3 rings (SSSR count). The Morgan fingerprint density at radius 2 is 1.73 bits per heavy atom. The summed E-state index contributed by atoms with van der Waals surface area (Å²) in [6.45, 7) is 1.58. The Morgan fingerprint density at radius 1 is 1.00 bits per heavy atom. The van der Waals surface area contributed by atoms with Crippen molar-refractivity contribution in [2.75, 3.05) is 0 Å². The van der Waals surface area contributed by atoms with Crippen molar-refractivity contribution in [2.24, 2.45) is 0 Å². The van der Waals surface area contributed by atoms with Crippen LogP contribution in [-0.4, -0.2) is 26.2 Å². The van der Waals surface area contributed by atoms with Crippen LogP contribution >= 0.6 is 0 Å². The smallest absolute Gasteiger partial charge is 0.174 e. The lowest BCUT2D eigenvalue weighted by Crippen LogP contribution is -2.21. The van der Waals surface area contributed by atoms with Gasteiger partial charge in [-0.15, -0.1) is 0 Å². The fourth-order valence-electron chi connectivity index (χ4n) is 2.53. The number of Topliss-reactive ketones (excluding diaryl/α,β-unsaturated/α-hetero) is 1. The van der Waals surface area contributed by atoms with Gasteiger partial charge in [-0.25, -0.2) is 0 Å². The molecule has 0 saturated carbocycles. The molecule has 0 unspecified atom stereocenters. The molecule has 22 heavy (non-hydrogen) atoms. The van der Waals surface area contributed by atoms with Crippen LogP contribution in [0.5, 0.6) is 28.7 Å². The molecular weight excluding hydrogens is 288 g/mol. The van der Waals surface area contributed by atoms with E-state index in [1.807, 2.05) is 0 Å². The predicted molar refractivity (Wildman–Crippen MR) is 76.6 cm³/mol. The van der Waals surface area contributed by atoms with E-state index in [1.165, 1.54) is 18.2 Å². The minimum absolute atomic E-state index is 0.0189. The zero-order valence-corrected chi connectivity index (χ0v) is 11.7. The molecule has 0 amide bonds. The van der Waals surface area contributed by atoms with E-state index in [1.54, 1.807) is 6.92 Å². The Bertz CT molecular complexity index is 781. The number of ether oxygens (including phenoxy) is 1. The minimum atomic E-state index is -0.675. The van der Waals surface area contributed by atoms with Crippen LogP contribution in [0.1, 0.15) is 34.0 Å². The fraction of sp³-hybridized carbons (Fsp3) is 0.188. The lowest BCUT2D eigenvalue weighted by molar-refractivity contribution is 0.0842. The number of carbonyl (C=O) groups excluding carboxylic acids is 1. The van der Waals surface area contributed by atoms with Gasteiger partial charge >= 0.3 is 0 Å². The molecule has 0 fully saturated rings. The molecule has 1 aliphatic heterocycles. The quantitative estimate of drug-likeness (QED) is 0.603. The van der Waals surface area contributed by atoms with E-state index < -0.39 is 6.10 Å². The van der Waals surface area contributed by atoms with E-state index in [-0.39, 0.29) is 46.5 Å². The zero-order valence-electron chi connectivity index (χ0n) is 11.7. The van der Waals surface area contributed by atoms with Gasteiger partial charge in [0.2, 0.25) is 0 Å². The minimum Gasteiger partial charge on any atom is -0.507 e. The molecule has 0 spiro atoms. The summed E-state index contributed by atoms with van der Waals surface area (Å²) in [6, 6.07) is 5.27. The van der Waals surface area contributed by atoms with Crippen molar-refractivity contribution in [3.8, 4) is 28.7 Å². The molecule has 2 aromatic rings. The number of rotatable bonds is 1. The number of benzene rings is 2. The third-order valence-electron chi connectivity index (χ3n) is 3.76. The monoisotopic (exact) mass is 302 g/mol. The molecule has 2 aromatic carbocycles. The van der Waals surface area contributed by atoms with Crippen molar-refractivity contribution in [3.63, 3.8) is 0 Å². The van der Waals surface area contributed by atoms with Gasteiger partial charge in [0.15, 0.2) is 17.3 Å². The number of aromatic hydroxyl groups is 4. The van der Waals surface area contributed by atoms with Gasteiger partial charge in [0.25, 0.3) is 0 Å². The van der Waals surface area contributed by atoms with Crippen LogP contribution in [0.2, 0.25) is 0 Å². The van der Waals surface area contributed by atoms with E-state index in [9.17, 15) is 25.2 Å². The largest absolute Gasteiger partial charge is 0.507 e. The molecule has 0 saturated heterocycles. The first-order valence-corrected chi connectivity index (χ1v) is 6.65. The summed E-state index contributed by atoms with van der Waals surface area (Å²) in [4.78, 5) is 12.3.